The fraction of sp³-hybridized carbons (Fsp3) is 0.722. The number of piperidine rings is 1. The summed E-state index contributed by atoms with van der Waals surface area (Å²) in [6.07, 6.45) is 6.38. The third-order valence-corrected chi connectivity index (χ3v) is 5.57. The maximum atomic E-state index is 6.18. The topological polar surface area (TPSA) is 77.4 Å². The molecule has 136 valence electrons. The Balaban J connectivity index is 1.38. The molecule has 0 N–H and O–H groups in total. The fourth-order valence-electron chi connectivity index (χ4n) is 4.14. The van der Waals surface area contributed by atoms with E-state index < -0.39 is 0 Å². The lowest BCUT2D eigenvalue weighted by Crippen LogP contribution is -2.42. The van der Waals surface area contributed by atoms with Crippen molar-refractivity contribution in [1.29, 1.82) is 0 Å². The lowest BCUT2D eigenvalue weighted by Gasteiger charge is -2.40. The first-order chi connectivity index (χ1) is 12.2. The molecule has 0 radical (unpaired) electrons. The van der Waals surface area contributed by atoms with Crippen LogP contribution in [-0.2, 0) is 11.3 Å². The van der Waals surface area contributed by atoms with Gasteiger partial charge in [-0.1, -0.05) is 10.3 Å². The minimum atomic E-state index is 0.202. The minimum Gasteiger partial charge on any atom is -0.377 e. The summed E-state index contributed by atoms with van der Waals surface area (Å²) in [5, 5.41) is 7.94. The molecule has 4 rings (SSSR count). The number of nitrogens with zero attached hydrogens (tertiary/aromatic N) is 4. The SMILES string of the molecule is Cc1noc([C@@H]2CCCO[C@H]2C2CCN(Cc3conc3C)CC2)n1. The van der Waals surface area contributed by atoms with Gasteiger partial charge in [0.25, 0.3) is 0 Å². The Bertz CT molecular complexity index is 690. The molecule has 0 saturated carbocycles. The van der Waals surface area contributed by atoms with Crippen LogP contribution in [0.4, 0.5) is 0 Å². The molecule has 0 bridgehead atoms. The normalized spacial score (nSPS) is 26.2. The van der Waals surface area contributed by atoms with Gasteiger partial charge in [0.1, 0.15) is 6.26 Å². The van der Waals surface area contributed by atoms with Crippen molar-refractivity contribution in [2.45, 2.75) is 58.1 Å². The molecule has 2 aliphatic rings. The van der Waals surface area contributed by atoms with Crippen molar-refractivity contribution < 1.29 is 13.8 Å². The van der Waals surface area contributed by atoms with Crippen molar-refractivity contribution in [3.63, 3.8) is 0 Å². The molecule has 2 aromatic heterocycles. The molecule has 0 unspecified atom stereocenters. The number of aromatic nitrogens is 3. The summed E-state index contributed by atoms with van der Waals surface area (Å²) in [5.41, 5.74) is 2.18. The van der Waals surface area contributed by atoms with Gasteiger partial charge in [0.2, 0.25) is 5.89 Å². The van der Waals surface area contributed by atoms with Crippen LogP contribution in [0.2, 0.25) is 0 Å². The van der Waals surface area contributed by atoms with Gasteiger partial charge in [-0.3, -0.25) is 4.90 Å². The highest BCUT2D eigenvalue weighted by Gasteiger charge is 2.38. The molecule has 2 aliphatic heterocycles. The predicted molar refractivity (Wildman–Crippen MR) is 90.0 cm³/mol. The van der Waals surface area contributed by atoms with E-state index in [1.807, 2.05) is 13.8 Å². The molecule has 2 aromatic rings. The average Bonchev–Trinajstić information content (AvgIpc) is 3.24. The summed E-state index contributed by atoms with van der Waals surface area (Å²) < 4.78 is 16.7. The van der Waals surface area contributed by atoms with E-state index in [1.165, 1.54) is 5.56 Å². The highest BCUT2D eigenvalue weighted by Crippen LogP contribution is 2.38. The largest absolute Gasteiger partial charge is 0.377 e. The number of rotatable bonds is 4. The Morgan fingerprint density at radius 3 is 2.68 bits per heavy atom. The molecule has 4 heterocycles. The van der Waals surface area contributed by atoms with Crippen molar-refractivity contribution in [2.75, 3.05) is 19.7 Å². The summed E-state index contributed by atoms with van der Waals surface area (Å²) in [5.74, 6) is 2.26. The van der Waals surface area contributed by atoms with E-state index in [1.54, 1.807) is 6.26 Å². The van der Waals surface area contributed by atoms with Crippen molar-refractivity contribution in [1.82, 2.24) is 20.2 Å². The maximum Gasteiger partial charge on any atom is 0.232 e. The van der Waals surface area contributed by atoms with Crippen LogP contribution in [0.15, 0.2) is 15.3 Å². The van der Waals surface area contributed by atoms with Gasteiger partial charge in [0.05, 0.1) is 17.7 Å². The van der Waals surface area contributed by atoms with Crippen LogP contribution in [-0.4, -0.2) is 46.0 Å². The summed E-state index contributed by atoms with van der Waals surface area (Å²) in [7, 11) is 0. The van der Waals surface area contributed by atoms with Crippen molar-refractivity contribution in [3.05, 3.63) is 29.2 Å². The van der Waals surface area contributed by atoms with Crippen molar-refractivity contribution in [2.24, 2.45) is 5.92 Å². The van der Waals surface area contributed by atoms with Crippen molar-refractivity contribution >= 4 is 0 Å². The van der Waals surface area contributed by atoms with Gasteiger partial charge in [-0.15, -0.1) is 0 Å². The smallest absolute Gasteiger partial charge is 0.232 e. The quantitative estimate of drug-likeness (QED) is 0.842. The molecule has 0 aliphatic carbocycles. The van der Waals surface area contributed by atoms with Gasteiger partial charge in [-0.2, -0.15) is 4.98 Å². The lowest BCUT2D eigenvalue weighted by molar-refractivity contribution is -0.0584. The molecular formula is C18H26N4O3. The molecule has 2 saturated heterocycles. The van der Waals surface area contributed by atoms with E-state index in [0.29, 0.717) is 11.7 Å². The standard InChI is InChI=1S/C18H26N4O3/c1-12-15(11-24-20-12)10-22-7-5-14(6-8-22)17-16(4-3-9-23-17)18-19-13(2)21-25-18/h11,14,16-17H,3-10H2,1-2H3/t16-,17+/m1/s1. The highest BCUT2D eigenvalue weighted by atomic mass is 16.5. The zero-order valence-electron chi connectivity index (χ0n) is 15.0. The molecule has 2 fully saturated rings. The number of aryl methyl sites for hydroxylation is 2. The molecule has 25 heavy (non-hydrogen) atoms. The molecule has 7 nitrogen and oxygen atoms in total. The number of ether oxygens (including phenoxy) is 1. The van der Waals surface area contributed by atoms with Crippen LogP contribution in [0, 0.1) is 19.8 Å². The zero-order chi connectivity index (χ0) is 17.2. The molecule has 0 spiro atoms. The summed E-state index contributed by atoms with van der Waals surface area (Å²) in [4.78, 5) is 6.95. The van der Waals surface area contributed by atoms with Crippen LogP contribution < -0.4 is 0 Å². The van der Waals surface area contributed by atoms with E-state index in [-0.39, 0.29) is 12.0 Å². The summed E-state index contributed by atoms with van der Waals surface area (Å²) in [6, 6.07) is 0. The maximum absolute atomic E-state index is 6.18. The van der Waals surface area contributed by atoms with E-state index in [9.17, 15) is 0 Å². The van der Waals surface area contributed by atoms with Gasteiger partial charge in [-0.25, -0.2) is 0 Å². The average molecular weight is 346 g/mol. The van der Waals surface area contributed by atoms with E-state index in [4.69, 9.17) is 13.8 Å². The Morgan fingerprint density at radius 2 is 2.00 bits per heavy atom. The number of hydrogen-bond acceptors (Lipinski definition) is 7. The van der Waals surface area contributed by atoms with Crippen LogP contribution in [0.25, 0.3) is 0 Å². The van der Waals surface area contributed by atoms with Crippen LogP contribution >= 0.6 is 0 Å². The molecule has 2 atom stereocenters. The molecule has 0 amide bonds. The van der Waals surface area contributed by atoms with Crippen LogP contribution in [0.1, 0.15) is 54.6 Å². The Kier molecular flexibility index (Phi) is 4.85. The van der Waals surface area contributed by atoms with Crippen LogP contribution in [0.3, 0.4) is 0 Å². The van der Waals surface area contributed by atoms with Gasteiger partial charge >= 0.3 is 0 Å². The van der Waals surface area contributed by atoms with Gasteiger partial charge in [0.15, 0.2) is 5.82 Å². The number of likely N-dealkylation sites (tertiary alicyclic amines) is 1. The first-order valence-corrected chi connectivity index (χ1v) is 9.24. The summed E-state index contributed by atoms with van der Waals surface area (Å²) >= 11 is 0. The Morgan fingerprint density at radius 1 is 1.16 bits per heavy atom. The molecular weight excluding hydrogens is 320 g/mol. The second-order valence-electron chi connectivity index (χ2n) is 7.30. The first-order valence-electron chi connectivity index (χ1n) is 9.24. The zero-order valence-corrected chi connectivity index (χ0v) is 15.0. The number of hydrogen-bond donors (Lipinski definition) is 0. The van der Waals surface area contributed by atoms with Gasteiger partial charge in [-0.05, 0) is 58.5 Å². The molecule has 0 aromatic carbocycles. The lowest BCUT2D eigenvalue weighted by atomic mass is 9.80. The minimum absolute atomic E-state index is 0.202. The predicted octanol–water partition coefficient (Wildman–Crippen LogP) is 2.85. The van der Waals surface area contributed by atoms with Gasteiger partial charge in [0, 0.05) is 18.7 Å². The third-order valence-electron chi connectivity index (χ3n) is 5.57. The van der Waals surface area contributed by atoms with E-state index in [2.05, 4.69) is 20.2 Å². The second kappa shape index (κ2) is 7.25. The highest BCUT2D eigenvalue weighted by molar-refractivity contribution is 5.12. The Labute approximate surface area is 147 Å². The van der Waals surface area contributed by atoms with E-state index in [0.717, 1.165) is 63.5 Å². The Hall–Kier alpha value is -1.73. The van der Waals surface area contributed by atoms with Gasteiger partial charge < -0.3 is 13.8 Å². The third kappa shape index (κ3) is 3.62. The molecule has 7 heteroatoms. The van der Waals surface area contributed by atoms with Crippen LogP contribution in [0.5, 0.6) is 0 Å². The summed E-state index contributed by atoms with van der Waals surface area (Å²) in [6.45, 7) is 7.78. The van der Waals surface area contributed by atoms with Crippen molar-refractivity contribution in [3.8, 4) is 0 Å². The fourth-order valence-corrected chi connectivity index (χ4v) is 4.14. The second-order valence-corrected chi connectivity index (χ2v) is 7.30. The van der Waals surface area contributed by atoms with E-state index >= 15 is 0 Å². The monoisotopic (exact) mass is 346 g/mol. The first kappa shape index (κ1) is 16.7.